The Bertz CT molecular complexity index is 3630. The summed E-state index contributed by atoms with van der Waals surface area (Å²) < 4.78 is 8.28. The Morgan fingerprint density at radius 1 is 0.317 bits per heavy atom. The van der Waals surface area contributed by atoms with Gasteiger partial charge in [0.25, 0.3) is 0 Å². The number of fused-ring (bicyclic) bond motifs is 9. The van der Waals surface area contributed by atoms with Crippen LogP contribution in [0, 0.1) is 41.5 Å². The van der Waals surface area contributed by atoms with Crippen molar-refractivity contribution in [1.29, 1.82) is 0 Å². The summed E-state index contributed by atoms with van der Waals surface area (Å²) in [6, 6.07) is 47.8. The van der Waals surface area contributed by atoms with Crippen LogP contribution in [0.15, 0.2) is 121 Å². The van der Waals surface area contributed by atoms with Gasteiger partial charge in [-0.2, -0.15) is 0 Å². The third-order valence-corrected chi connectivity index (χ3v) is 15.5. The smallest absolute Gasteiger partial charge is 0.329 e. The highest BCUT2D eigenvalue weighted by Gasteiger charge is 2.49. The molecule has 4 aliphatic rings. The van der Waals surface area contributed by atoms with Gasteiger partial charge in [-0.15, -0.1) is 0 Å². The molecule has 0 bridgehead atoms. The molecule has 8 aromatic carbocycles. The second-order valence-corrected chi connectivity index (χ2v) is 18.7. The van der Waals surface area contributed by atoms with Gasteiger partial charge in [0.1, 0.15) is 0 Å². The first-order valence-electron chi connectivity index (χ1n) is 21.7. The number of rotatable bonds is 2. The van der Waals surface area contributed by atoms with Crippen molar-refractivity contribution >= 4 is 119 Å². The molecule has 3 nitrogen and oxygen atoms in total. The summed E-state index contributed by atoms with van der Waals surface area (Å²) in [4.78, 5) is 0. The van der Waals surface area contributed by atoms with E-state index in [4.69, 9.17) is 0 Å². The molecule has 0 spiro atoms. The quantitative estimate of drug-likeness (QED) is 0.157. The van der Waals surface area contributed by atoms with Gasteiger partial charge in [-0.3, -0.25) is 0 Å². The van der Waals surface area contributed by atoms with E-state index in [-0.39, 0.29) is 20.5 Å². The van der Waals surface area contributed by atoms with E-state index < -0.39 is 0 Å². The standard InChI is InChI=1S/C54H38B3N3/c1-27-23-29(3)49(30(4)24-27)56-41-21-17-37-38-18-22-42-48-46-40(20-16-36-34-12-8-10-14-44(34)59(52(36)46)57(42)50-31(5)25-28(2)26-32(50)6)55-39-19-15-35-33-11-7-9-13-43(33)58(56)51(35)45(39)47(41)53(37)60(55)54(38)48/h7-26H,1-6H3. The van der Waals surface area contributed by atoms with Crippen molar-refractivity contribution < 1.29 is 0 Å². The molecule has 15 rings (SSSR count). The molecule has 3 aromatic heterocycles. The topological polar surface area (TPSA) is 14.8 Å². The number of benzene rings is 8. The Morgan fingerprint density at radius 2 is 0.633 bits per heavy atom. The van der Waals surface area contributed by atoms with Crippen molar-refractivity contribution in [1.82, 2.24) is 13.4 Å². The van der Waals surface area contributed by atoms with Crippen LogP contribution in [0.25, 0.3) is 87.7 Å². The summed E-state index contributed by atoms with van der Waals surface area (Å²) in [5.74, 6) is 0. The molecule has 278 valence electrons. The average Bonchev–Trinajstić information content (AvgIpc) is 3.88. The summed E-state index contributed by atoms with van der Waals surface area (Å²) in [7, 11) is 0. The third kappa shape index (κ3) is 3.41. The molecule has 0 saturated heterocycles. The van der Waals surface area contributed by atoms with Crippen molar-refractivity contribution in [3.05, 3.63) is 155 Å². The minimum Gasteiger partial charge on any atom is -0.375 e. The summed E-state index contributed by atoms with van der Waals surface area (Å²) in [5, 5.41) is 8.12. The normalized spacial score (nSPS) is 14.1. The zero-order chi connectivity index (χ0) is 39.8. The minimum absolute atomic E-state index is 0.0472. The molecule has 0 unspecified atom stereocenters. The van der Waals surface area contributed by atoms with E-state index in [1.807, 2.05) is 0 Å². The summed E-state index contributed by atoms with van der Waals surface area (Å²) in [6.45, 7) is 13.9. The second kappa shape index (κ2) is 10.4. The van der Waals surface area contributed by atoms with Crippen molar-refractivity contribution in [2.24, 2.45) is 0 Å². The van der Waals surface area contributed by atoms with Gasteiger partial charge < -0.3 is 13.4 Å². The van der Waals surface area contributed by atoms with E-state index in [0.717, 1.165) is 0 Å². The minimum atomic E-state index is 0.0472. The van der Waals surface area contributed by atoms with Gasteiger partial charge in [0.15, 0.2) is 0 Å². The highest BCUT2D eigenvalue weighted by molar-refractivity contribution is 6.94. The third-order valence-electron chi connectivity index (χ3n) is 15.5. The van der Waals surface area contributed by atoms with Gasteiger partial charge in [-0.1, -0.05) is 143 Å². The fourth-order valence-electron chi connectivity index (χ4n) is 13.8. The zero-order valence-electron chi connectivity index (χ0n) is 34.6. The summed E-state index contributed by atoms with van der Waals surface area (Å²) in [5.41, 5.74) is 30.5. The Balaban J connectivity index is 1.18. The lowest BCUT2D eigenvalue weighted by molar-refractivity contribution is 1.27. The molecule has 0 aliphatic carbocycles. The number of hydrogen-bond acceptors (Lipinski definition) is 0. The van der Waals surface area contributed by atoms with E-state index in [0.29, 0.717) is 0 Å². The van der Waals surface area contributed by atoms with Gasteiger partial charge in [-0.05, 0) is 86.5 Å². The van der Waals surface area contributed by atoms with Crippen molar-refractivity contribution in [2.75, 3.05) is 0 Å². The van der Waals surface area contributed by atoms with Gasteiger partial charge in [0.2, 0.25) is 0 Å². The molecule has 0 fully saturated rings. The van der Waals surface area contributed by atoms with Crippen LogP contribution in [-0.4, -0.2) is 34.0 Å². The molecule has 0 atom stereocenters. The van der Waals surface area contributed by atoms with E-state index >= 15 is 0 Å². The van der Waals surface area contributed by atoms with Crippen LogP contribution in [0.4, 0.5) is 0 Å². The van der Waals surface area contributed by atoms with Gasteiger partial charge in [-0.25, -0.2) is 0 Å². The second-order valence-electron chi connectivity index (χ2n) is 18.7. The highest BCUT2D eigenvalue weighted by atomic mass is 15.0. The maximum atomic E-state index is 2.82. The van der Waals surface area contributed by atoms with Crippen LogP contribution in [0.2, 0.25) is 0 Å². The van der Waals surface area contributed by atoms with Crippen LogP contribution >= 0.6 is 0 Å². The number of hydrogen-bond donors (Lipinski definition) is 0. The highest BCUT2D eigenvalue weighted by Crippen LogP contribution is 2.50. The molecular formula is C54H38B3N3. The van der Waals surface area contributed by atoms with Crippen molar-refractivity contribution in [3.63, 3.8) is 0 Å². The van der Waals surface area contributed by atoms with Crippen LogP contribution in [-0.2, 0) is 0 Å². The molecule has 60 heavy (non-hydrogen) atoms. The van der Waals surface area contributed by atoms with Crippen molar-refractivity contribution in [3.8, 4) is 22.3 Å². The van der Waals surface area contributed by atoms with Crippen molar-refractivity contribution in [2.45, 2.75) is 41.5 Å². The maximum absolute atomic E-state index is 2.82. The molecule has 7 heterocycles. The lowest BCUT2D eigenvalue weighted by Crippen LogP contribution is -2.60. The molecule has 4 aliphatic heterocycles. The first kappa shape index (κ1) is 32.2. The van der Waals surface area contributed by atoms with Crippen LogP contribution in [0.5, 0.6) is 0 Å². The Morgan fingerprint density at radius 3 is 1.02 bits per heavy atom. The molecule has 0 saturated carbocycles. The first-order valence-corrected chi connectivity index (χ1v) is 21.7. The number of para-hydroxylation sites is 2. The summed E-state index contributed by atoms with van der Waals surface area (Å²) in [6.07, 6.45) is 0. The molecule has 0 N–H and O–H groups in total. The lowest BCUT2D eigenvalue weighted by Gasteiger charge is -2.39. The first-order chi connectivity index (χ1) is 29.3. The Hall–Kier alpha value is -6.65. The van der Waals surface area contributed by atoms with E-state index in [1.54, 1.807) is 0 Å². The zero-order valence-corrected chi connectivity index (χ0v) is 34.6. The Labute approximate surface area is 349 Å². The fourth-order valence-corrected chi connectivity index (χ4v) is 13.8. The van der Waals surface area contributed by atoms with E-state index in [9.17, 15) is 0 Å². The molecule has 11 aromatic rings. The van der Waals surface area contributed by atoms with E-state index in [1.165, 1.54) is 154 Å². The molecule has 0 radical (unpaired) electrons. The number of nitrogens with zero attached hydrogens (tertiary/aromatic N) is 3. The van der Waals surface area contributed by atoms with Crippen LogP contribution in [0.1, 0.15) is 33.4 Å². The lowest BCUT2D eigenvalue weighted by atomic mass is 9.40. The number of aryl methyl sites for hydroxylation is 6. The summed E-state index contributed by atoms with van der Waals surface area (Å²) >= 11 is 0. The fraction of sp³-hybridized carbons (Fsp3) is 0.111. The SMILES string of the molecule is Cc1cc(C)c(B2c3ccc4c5ccc6c7c5n5c4c3-c3c(ccc4c8ccccc8n2c34)B5c2ccc3c4ccccc4n(c3c2-7)B6c2c(C)cc(C)cc2C)c(C)c1. The predicted molar refractivity (Wildman–Crippen MR) is 259 cm³/mol. The molecular weight excluding hydrogens is 723 g/mol. The molecule has 0 amide bonds. The van der Waals surface area contributed by atoms with Gasteiger partial charge in [0.05, 0.1) is 0 Å². The van der Waals surface area contributed by atoms with Crippen LogP contribution < -0.4 is 32.8 Å². The monoisotopic (exact) mass is 761 g/mol. The van der Waals surface area contributed by atoms with Gasteiger partial charge in [0, 0.05) is 87.7 Å². The maximum Gasteiger partial charge on any atom is 0.329 e. The number of aromatic nitrogens is 3. The van der Waals surface area contributed by atoms with Crippen LogP contribution in [0.3, 0.4) is 0 Å². The predicted octanol–water partition coefficient (Wildman–Crippen LogP) is 8.41. The largest absolute Gasteiger partial charge is 0.375 e. The molecule has 6 heteroatoms. The van der Waals surface area contributed by atoms with Gasteiger partial charge >= 0.3 is 20.5 Å². The Kier molecular flexibility index (Phi) is 5.58. The average molecular weight is 761 g/mol. The van der Waals surface area contributed by atoms with E-state index in [2.05, 4.69) is 176 Å².